The molecule has 2 aromatic carbocycles. The van der Waals surface area contributed by atoms with Gasteiger partial charge in [-0.15, -0.1) is 0 Å². The molecule has 3 nitrogen and oxygen atoms in total. The van der Waals surface area contributed by atoms with E-state index < -0.39 is 0 Å². The van der Waals surface area contributed by atoms with Crippen LogP contribution in [0.1, 0.15) is 5.56 Å². The number of hydrogen-bond donors (Lipinski definition) is 1. The number of methoxy groups -OCH3 is 1. The van der Waals surface area contributed by atoms with E-state index in [1.807, 2.05) is 49.4 Å². The number of rotatable bonds is 6. The molecule has 0 aliphatic carbocycles. The summed E-state index contributed by atoms with van der Waals surface area (Å²) in [6, 6.07) is 13.3. The van der Waals surface area contributed by atoms with Crippen LogP contribution in [0.25, 0.3) is 0 Å². The predicted octanol–water partition coefficient (Wildman–Crippen LogP) is 4.15. The number of aryl methyl sites for hydroxylation is 1. The molecule has 0 amide bonds. The van der Waals surface area contributed by atoms with Gasteiger partial charge in [-0.05, 0) is 55.0 Å². The zero-order valence-electron chi connectivity index (χ0n) is 11.7. The molecule has 0 aliphatic rings. The van der Waals surface area contributed by atoms with E-state index in [9.17, 15) is 0 Å². The lowest BCUT2D eigenvalue weighted by molar-refractivity contribution is 0.332. The maximum atomic E-state index is 5.92. The number of hydrogen-bond acceptors (Lipinski definition) is 3. The molecule has 0 aliphatic heterocycles. The van der Waals surface area contributed by atoms with Crippen molar-refractivity contribution in [1.29, 1.82) is 0 Å². The maximum Gasteiger partial charge on any atom is 0.119 e. The van der Waals surface area contributed by atoms with Gasteiger partial charge in [0.1, 0.15) is 18.1 Å². The molecule has 2 rings (SSSR count). The molecule has 0 fully saturated rings. The summed E-state index contributed by atoms with van der Waals surface area (Å²) in [6.07, 6.45) is 0. The number of benzene rings is 2. The van der Waals surface area contributed by atoms with Gasteiger partial charge in [-0.25, -0.2) is 0 Å². The normalized spacial score (nSPS) is 10.2. The number of ether oxygens (including phenoxy) is 2. The molecule has 106 valence electrons. The highest BCUT2D eigenvalue weighted by Gasteiger charge is 1.99. The summed E-state index contributed by atoms with van der Waals surface area (Å²) >= 11 is 5.92. The average Bonchev–Trinajstić information content (AvgIpc) is 2.46. The summed E-state index contributed by atoms with van der Waals surface area (Å²) in [5.41, 5.74) is 2.20. The van der Waals surface area contributed by atoms with Crippen LogP contribution >= 0.6 is 11.6 Å². The first kappa shape index (κ1) is 14.5. The van der Waals surface area contributed by atoms with Gasteiger partial charge in [0.25, 0.3) is 0 Å². The number of nitrogens with one attached hydrogen (secondary N) is 1. The van der Waals surface area contributed by atoms with Gasteiger partial charge in [-0.2, -0.15) is 0 Å². The van der Waals surface area contributed by atoms with Gasteiger partial charge in [-0.1, -0.05) is 11.6 Å². The van der Waals surface area contributed by atoms with Crippen LogP contribution in [0, 0.1) is 6.92 Å². The topological polar surface area (TPSA) is 30.5 Å². The summed E-state index contributed by atoms with van der Waals surface area (Å²) in [4.78, 5) is 0. The van der Waals surface area contributed by atoms with Crippen LogP contribution in [0.2, 0.25) is 5.02 Å². The molecule has 0 saturated heterocycles. The van der Waals surface area contributed by atoms with Crippen LogP contribution in [0.15, 0.2) is 42.5 Å². The van der Waals surface area contributed by atoms with E-state index in [1.165, 1.54) is 0 Å². The Morgan fingerprint density at radius 3 is 2.40 bits per heavy atom. The van der Waals surface area contributed by atoms with Crippen LogP contribution < -0.4 is 14.8 Å². The van der Waals surface area contributed by atoms with Gasteiger partial charge in [0.15, 0.2) is 0 Å². The molecule has 0 spiro atoms. The monoisotopic (exact) mass is 291 g/mol. The minimum Gasteiger partial charge on any atom is -0.497 e. The highest BCUT2D eigenvalue weighted by molar-refractivity contribution is 6.30. The van der Waals surface area contributed by atoms with Crippen molar-refractivity contribution in [2.75, 3.05) is 25.6 Å². The fourth-order valence-electron chi connectivity index (χ4n) is 1.85. The molecule has 1 N–H and O–H groups in total. The van der Waals surface area contributed by atoms with E-state index in [0.717, 1.165) is 34.3 Å². The third-order valence-corrected chi connectivity index (χ3v) is 3.17. The van der Waals surface area contributed by atoms with E-state index in [1.54, 1.807) is 7.11 Å². The molecule has 0 saturated carbocycles. The molecule has 0 unspecified atom stereocenters. The second kappa shape index (κ2) is 7.06. The smallest absolute Gasteiger partial charge is 0.119 e. The first-order valence-corrected chi connectivity index (χ1v) is 6.84. The lowest BCUT2D eigenvalue weighted by Crippen LogP contribution is -2.12. The molecule has 0 bridgehead atoms. The van der Waals surface area contributed by atoms with Crippen molar-refractivity contribution in [2.24, 2.45) is 0 Å². The van der Waals surface area contributed by atoms with Gasteiger partial charge in [0.05, 0.1) is 7.11 Å². The second-order valence-electron chi connectivity index (χ2n) is 4.41. The number of halogens is 1. The van der Waals surface area contributed by atoms with E-state index >= 15 is 0 Å². The summed E-state index contributed by atoms with van der Waals surface area (Å²) in [5.74, 6) is 1.66. The van der Waals surface area contributed by atoms with Crippen LogP contribution in [-0.4, -0.2) is 20.3 Å². The van der Waals surface area contributed by atoms with Crippen molar-refractivity contribution in [1.82, 2.24) is 0 Å². The summed E-state index contributed by atoms with van der Waals surface area (Å²) in [7, 11) is 1.65. The Balaban J connectivity index is 1.78. The molecule has 0 heterocycles. The van der Waals surface area contributed by atoms with E-state index in [0.29, 0.717) is 6.61 Å². The van der Waals surface area contributed by atoms with Crippen molar-refractivity contribution in [3.8, 4) is 11.5 Å². The third kappa shape index (κ3) is 4.07. The third-order valence-electron chi connectivity index (χ3n) is 2.93. The van der Waals surface area contributed by atoms with Crippen molar-refractivity contribution < 1.29 is 9.47 Å². The lowest BCUT2D eigenvalue weighted by Gasteiger charge is -2.11. The van der Waals surface area contributed by atoms with Gasteiger partial charge in [-0.3, -0.25) is 0 Å². The van der Waals surface area contributed by atoms with Crippen LogP contribution in [-0.2, 0) is 0 Å². The maximum absolute atomic E-state index is 5.92. The molecule has 4 heteroatoms. The van der Waals surface area contributed by atoms with Crippen LogP contribution in [0.3, 0.4) is 0 Å². The average molecular weight is 292 g/mol. The van der Waals surface area contributed by atoms with Crippen molar-refractivity contribution in [3.05, 3.63) is 53.1 Å². The fraction of sp³-hybridized carbons (Fsp3) is 0.250. The molecular weight excluding hydrogens is 274 g/mol. The Labute approximate surface area is 124 Å². The molecule has 0 radical (unpaired) electrons. The van der Waals surface area contributed by atoms with Crippen LogP contribution in [0.5, 0.6) is 11.5 Å². The Kier molecular flexibility index (Phi) is 5.13. The number of anilines is 1. The van der Waals surface area contributed by atoms with E-state index in [-0.39, 0.29) is 0 Å². The molecular formula is C16H18ClNO2. The van der Waals surface area contributed by atoms with Crippen molar-refractivity contribution >= 4 is 17.3 Å². The van der Waals surface area contributed by atoms with E-state index in [2.05, 4.69) is 5.32 Å². The quantitative estimate of drug-likeness (QED) is 0.811. The van der Waals surface area contributed by atoms with Crippen molar-refractivity contribution in [3.63, 3.8) is 0 Å². The van der Waals surface area contributed by atoms with Crippen molar-refractivity contribution in [2.45, 2.75) is 6.92 Å². The summed E-state index contributed by atoms with van der Waals surface area (Å²) in [6.45, 7) is 3.35. The fourth-order valence-corrected chi connectivity index (χ4v) is 2.08. The Hall–Kier alpha value is -1.87. The molecule has 2 aromatic rings. The Morgan fingerprint density at radius 1 is 1.05 bits per heavy atom. The van der Waals surface area contributed by atoms with Crippen LogP contribution in [0.4, 0.5) is 5.69 Å². The minimum atomic E-state index is 0.592. The molecule has 20 heavy (non-hydrogen) atoms. The van der Waals surface area contributed by atoms with Gasteiger partial charge >= 0.3 is 0 Å². The zero-order valence-corrected chi connectivity index (χ0v) is 12.4. The molecule has 0 aromatic heterocycles. The first-order valence-electron chi connectivity index (χ1n) is 6.46. The predicted molar refractivity (Wildman–Crippen MR) is 83.2 cm³/mol. The Bertz CT molecular complexity index is 555. The van der Waals surface area contributed by atoms with Gasteiger partial charge < -0.3 is 14.8 Å². The summed E-state index contributed by atoms with van der Waals surface area (Å²) < 4.78 is 10.7. The highest BCUT2D eigenvalue weighted by Crippen LogP contribution is 2.19. The first-order chi connectivity index (χ1) is 9.69. The highest BCUT2D eigenvalue weighted by atomic mass is 35.5. The minimum absolute atomic E-state index is 0.592. The second-order valence-corrected chi connectivity index (χ2v) is 4.85. The van der Waals surface area contributed by atoms with Gasteiger partial charge in [0.2, 0.25) is 0 Å². The largest absolute Gasteiger partial charge is 0.497 e. The molecule has 0 atom stereocenters. The Morgan fingerprint density at radius 2 is 1.75 bits per heavy atom. The van der Waals surface area contributed by atoms with E-state index in [4.69, 9.17) is 21.1 Å². The summed E-state index contributed by atoms with van der Waals surface area (Å²) in [5, 5.41) is 4.08. The lowest BCUT2D eigenvalue weighted by atomic mass is 10.2. The van der Waals surface area contributed by atoms with Gasteiger partial charge in [0, 0.05) is 17.3 Å². The SMILES string of the molecule is COc1ccc(OCCNc2ccc(Cl)cc2C)cc1. The zero-order chi connectivity index (χ0) is 14.4. The standard InChI is InChI=1S/C16H18ClNO2/c1-12-11-13(17)3-8-16(12)18-9-10-20-15-6-4-14(19-2)5-7-15/h3-8,11,18H,9-10H2,1-2H3.